The van der Waals surface area contributed by atoms with Gasteiger partial charge in [-0.3, -0.25) is 14.9 Å². The van der Waals surface area contributed by atoms with Crippen molar-refractivity contribution >= 4 is 62.1 Å². The van der Waals surface area contributed by atoms with Gasteiger partial charge in [0, 0.05) is 21.5 Å². The van der Waals surface area contributed by atoms with E-state index in [-0.39, 0.29) is 21.3 Å². The van der Waals surface area contributed by atoms with E-state index in [9.17, 15) is 19.7 Å². The number of carbonyl (C=O) groups is 2. The molecule has 0 bridgehead atoms. The molecule has 1 aromatic heterocycles. The number of rotatable bonds is 6. The van der Waals surface area contributed by atoms with Gasteiger partial charge < -0.3 is 10.6 Å². The van der Waals surface area contributed by atoms with Crippen molar-refractivity contribution in [2.75, 3.05) is 0 Å². The van der Waals surface area contributed by atoms with Gasteiger partial charge in [0.05, 0.1) is 16.2 Å². The molecule has 0 aliphatic rings. The third kappa shape index (κ3) is 4.87. The first-order valence-corrected chi connectivity index (χ1v) is 10.1. The first kappa shape index (κ1) is 21.6. The molecule has 3 aromatic rings. The summed E-state index contributed by atoms with van der Waals surface area (Å²) in [7, 11) is 0. The van der Waals surface area contributed by atoms with E-state index in [2.05, 4.69) is 26.1 Å². The van der Waals surface area contributed by atoms with Crippen LogP contribution < -0.4 is 5.73 Å². The Kier molecular flexibility index (Phi) is 6.55. The summed E-state index contributed by atoms with van der Waals surface area (Å²) in [6.07, 6.45) is 0. The molecule has 0 radical (unpaired) electrons. The largest absolute Gasteiger partial charge is 0.366 e. The van der Waals surface area contributed by atoms with Crippen molar-refractivity contribution in [3.8, 4) is 11.3 Å². The summed E-state index contributed by atoms with van der Waals surface area (Å²) < 4.78 is 0.899. The average Bonchev–Trinajstić information content (AvgIpc) is 3.18. The summed E-state index contributed by atoms with van der Waals surface area (Å²) in [6, 6.07) is 10.7. The number of hydrogen-bond acceptors (Lipinski definition) is 8. The molecule has 0 atom stereocenters. The van der Waals surface area contributed by atoms with Crippen molar-refractivity contribution in [2.45, 2.75) is 0 Å². The number of thiazole rings is 1. The fourth-order valence-electron chi connectivity index (χ4n) is 2.24. The Labute approximate surface area is 186 Å². The van der Waals surface area contributed by atoms with Crippen molar-refractivity contribution in [3.63, 3.8) is 0 Å². The first-order valence-electron chi connectivity index (χ1n) is 8.01. The van der Waals surface area contributed by atoms with E-state index in [0.29, 0.717) is 5.69 Å². The molecule has 2 N–H and O–H groups in total. The minimum Gasteiger partial charge on any atom is -0.364 e. The zero-order chi connectivity index (χ0) is 21.8. The Morgan fingerprint density at radius 1 is 1.23 bits per heavy atom. The molecule has 3 rings (SSSR count). The van der Waals surface area contributed by atoms with E-state index in [0.717, 1.165) is 27.4 Å². The number of nitro groups is 1. The standard InChI is InChI=1S/C18H10BrClN4O5S/c19-11-4-1-9(2-5-11)13-8-30-17(22-13)15(16(21)25)23-29-18(26)10-3-6-12(20)14(7-10)24(27)28/h1-8H,(H2,21,25)/b23-15+. The zero-order valence-corrected chi connectivity index (χ0v) is 17.9. The third-order valence-electron chi connectivity index (χ3n) is 3.68. The van der Waals surface area contributed by atoms with Crippen molar-refractivity contribution in [3.05, 3.63) is 78.0 Å². The highest BCUT2D eigenvalue weighted by molar-refractivity contribution is 9.10. The van der Waals surface area contributed by atoms with Gasteiger partial charge in [0.15, 0.2) is 5.01 Å². The van der Waals surface area contributed by atoms with Crippen molar-refractivity contribution < 1.29 is 19.3 Å². The number of nitrogens with two attached hydrogens (primary N) is 1. The monoisotopic (exact) mass is 508 g/mol. The molecule has 30 heavy (non-hydrogen) atoms. The summed E-state index contributed by atoms with van der Waals surface area (Å²) >= 11 is 10.1. The summed E-state index contributed by atoms with van der Waals surface area (Å²) in [6.45, 7) is 0. The summed E-state index contributed by atoms with van der Waals surface area (Å²) in [5.41, 5.74) is 5.72. The van der Waals surface area contributed by atoms with Crippen LogP contribution in [0.1, 0.15) is 15.4 Å². The lowest BCUT2D eigenvalue weighted by atomic mass is 10.2. The summed E-state index contributed by atoms with van der Waals surface area (Å²) in [5, 5.41) is 16.2. The number of oxime groups is 1. The Morgan fingerprint density at radius 3 is 2.57 bits per heavy atom. The number of nitrogens with zero attached hydrogens (tertiary/aromatic N) is 3. The van der Waals surface area contributed by atoms with Crippen LogP contribution in [0.15, 0.2) is 57.5 Å². The maximum absolute atomic E-state index is 12.2. The van der Waals surface area contributed by atoms with E-state index in [4.69, 9.17) is 22.2 Å². The highest BCUT2D eigenvalue weighted by Crippen LogP contribution is 2.26. The van der Waals surface area contributed by atoms with Crippen LogP contribution in [0.25, 0.3) is 11.3 Å². The Bertz CT molecular complexity index is 1180. The maximum atomic E-state index is 12.2. The molecule has 152 valence electrons. The van der Waals surface area contributed by atoms with Crippen LogP contribution in [0.3, 0.4) is 0 Å². The number of aromatic nitrogens is 1. The predicted molar refractivity (Wildman–Crippen MR) is 115 cm³/mol. The zero-order valence-electron chi connectivity index (χ0n) is 14.7. The maximum Gasteiger partial charge on any atom is 0.366 e. The van der Waals surface area contributed by atoms with Crippen LogP contribution in [0.4, 0.5) is 5.69 Å². The van der Waals surface area contributed by atoms with E-state index in [1.54, 1.807) is 5.38 Å². The Balaban J connectivity index is 1.84. The number of halogens is 2. The molecule has 0 spiro atoms. The van der Waals surface area contributed by atoms with Crippen LogP contribution in [0.2, 0.25) is 5.02 Å². The van der Waals surface area contributed by atoms with Gasteiger partial charge in [-0.25, -0.2) is 9.78 Å². The van der Waals surface area contributed by atoms with Crippen LogP contribution in [-0.4, -0.2) is 27.5 Å². The van der Waals surface area contributed by atoms with Crippen molar-refractivity contribution in [1.29, 1.82) is 0 Å². The van der Waals surface area contributed by atoms with Gasteiger partial charge in [-0.05, 0) is 24.3 Å². The molecule has 2 aromatic carbocycles. The molecule has 1 amide bonds. The number of carbonyl (C=O) groups excluding carboxylic acids is 2. The topological polar surface area (TPSA) is 138 Å². The summed E-state index contributed by atoms with van der Waals surface area (Å²) in [4.78, 5) is 43.2. The number of amides is 1. The van der Waals surface area contributed by atoms with Crippen molar-refractivity contribution in [2.24, 2.45) is 10.9 Å². The van der Waals surface area contributed by atoms with Crippen LogP contribution >= 0.6 is 38.9 Å². The highest BCUT2D eigenvalue weighted by Gasteiger charge is 2.20. The predicted octanol–water partition coefficient (Wildman–Crippen LogP) is 4.18. The van der Waals surface area contributed by atoms with Crippen LogP contribution in [0.5, 0.6) is 0 Å². The molecule has 12 heteroatoms. The highest BCUT2D eigenvalue weighted by atomic mass is 79.9. The second-order valence-electron chi connectivity index (χ2n) is 5.65. The smallest absolute Gasteiger partial charge is 0.364 e. The normalized spacial score (nSPS) is 11.2. The molecule has 0 aliphatic carbocycles. The lowest BCUT2D eigenvalue weighted by Gasteiger charge is -2.01. The van der Waals surface area contributed by atoms with Crippen LogP contribution in [-0.2, 0) is 9.63 Å². The number of primary amides is 1. The van der Waals surface area contributed by atoms with Gasteiger partial charge in [0.1, 0.15) is 5.02 Å². The molecule has 0 aliphatic heterocycles. The minimum atomic E-state index is -1.03. The molecule has 9 nitrogen and oxygen atoms in total. The number of nitro benzene ring substituents is 1. The van der Waals surface area contributed by atoms with Crippen LogP contribution in [0, 0.1) is 10.1 Å². The van der Waals surface area contributed by atoms with Gasteiger partial charge >= 0.3 is 5.97 Å². The van der Waals surface area contributed by atoms with Gasteiger partial charge in [0.25, 0.3) is 11.6 Å². The fraction of sp³-hybridized carbons (Fsp3) is 0. The molecule has 0 fully saturated rings. The molecule has 1 heterocycles. The minimum absolute atomic E-state index is 0.138. The van der Waals surface area contributed by atoms with E-state index >= 15 is 0 Å². The quantitative estimate of drug-likeness (QED) is 0.229. The fourth-order valence-corrected chi connectivity index (χ4v) is 3.51. The number of benzene rings is 2. The van der Waals surface area contributed by atoms with Gasteiger partial charge in [-0.15, -0.1) is 11.3 Å². The Morgan fingerprint density at radius 2 is 1.93 bits per heavy atom. The van der Waals surface area contributed by atoms with Crippen molar-refractivity contribution in [1.82, 2.24) is 4.98 Å². The third-order valence-corrected chi connectivity index (χ3v) is 5.38. The molecule has 0 saturated heterocycles. The molecular weight excluding hydrogens is 500 g/mol. The van der Waals surface area contributed by atoms with E-state index in [1.807, 2.05) is 24.3 Å². The van der Waals surface area contributed by atoms with Gasteiger partial charge in [-0.1, -0.05) is 44.8 Å². The molecule has 0 unspecified atom stereocenters. The van der Waals surface area contributed by atoms with E-state index < -0.39 is 22.5 Å². The lowest BCUT2D eigenvalue weighted by molar-refractivity contribution is -0.384. The lowest BCUT2D eigenvalue weighted by Crippen LogP contribution is -2.25. The first-order chi connectivity index (χ1) is 14.3. The Hall–Kier alpha value is -3.15. The van der Waals surface area contributed by atoms with Gasteiger partial charge in [0.2, 0.25) is 5.71 Å². The molecular formula is C18H10BrClN4O5S. The molecule has 0 saturated carbocycles. The summed E-state index contributed by atoms with van der Waals surface area (Å²) in [5.74, 6) is -1.99. The number of hydrogen-bond donors (Lipinski definition) is 1. The van der Waals surface area contributed by atoms with E-state index in [1.165, 1.54) is 12.1 Å². The second kappa shape index (κ2) is 9.11. The average molecular weight is 510 g/mol. The second-order valence-corrected chi connectivity index (χ2v) is 7.83. The SMILES string of the molecule is NC(=O)/C(=N\OC(=O)c1ccc(Cl)c([N+](=O)[O-])c1)c1nc(-c2ccc(Br)cc2)cs1. The van der Waals surface area contributed by atoms with Gasteiger partial charge in [-0.2, -0.15) is 0 Å².